The van der Waals surface area contributed by atoms with Crippen LogP contribution in [0.25, 0.3) is 95.0 Å². The molecule has 0 amide bonds. The fraction of sp³-hybridized carbons (Fsp3) is 0. The van der Waals surface area contributed by atoms with Crippen molar-refractivity contribution in [2.24, 2.45) is 0 Å². The number of fused-ring (bicyclic) bond motifs is 5. The summed E-state index contributed by atoms with van der Waals surface area (Å²) >= 11 is 0. The van der Waals surface area contributed by atoms with Crippen LogP contribution in [0.5, 0.6) is 11.5 Å². The molecule has 56 heavy (non-hydrogen) atoms. The first kappa shape index (κ1) is 31.9. The molecule has 0 saturated heterocycles. The Morgan fingerprint density at radius 2 is 0.804 bits per heavy atom. The predicted molar refractivity (Wildman–Crippen MR) is 227 cm³/mol. The molecule has 0 spiro atoms. The van der Waals surface area contributed by atoms with E-state index in [0.717, 1.165) is 72.7 Å². The van der Waals surface area contributed by atoms with E-state index in [4.69, 9.17) is 19.7 Å². The maximum Gasteiger partial charge on any atom is 0.164 e. The molecule has 5 heteroatoms. The molecule has 0 fully saturated rings. The van der Waals surface area contributed by atoms with Crippen molar-refractivity contribution in [2.75, 3.05) is 0 Å². The van der Waals surface area contributed by atoms with Crippen molar-refractivity contribution in [3.8, 4) is 84.7 Å². The fourth-order valence-electron chi connectivity index (χ4n) is 7.91. The summed E-state index contributed by atoms with van der Waals surface area (Å²) in [4.78, 5) is 14.8. The fourth-order valence-corrected chi connectivity index (χ4v) is 7.91. The molecule has 11 rings (SSSR count). The average Bonchev–Trinajstić information content (AvgIpc) is 3.62. The van der Waals surface area contributed by atoms with Crippen molar-refractivity contribution >= 4 is 21.8 Å². The van der Waals surface area contributed by atoms with Gasteiger partial charge >= 0.3 is 0 Å². The first-order chi connectivity index (χ1) is 27.7. The first-order valence-electron chi connectivity index (χ1n) is 18.8. The van der Waals surface area contributed by atoms with Crippen LogP contribution in [-0.2, 0) is 0 Å². The number of para-hydroxylation sites is 1. The highest BCUT2D eigenvalue weighted by Crippen LogP contribution is 2.47. The van der Waals surface area contributed by atoms with E-state index in [-0.39, 0.29) is 0 Å². The normalized spacial score (nSPS) is 11.7. The van der Waals surface area contributed by atoms with Crippen molar-refractivity contribution in [3.05, 3.63) is 194 Å². The zero-order valence-corrected chi connectivity index (χ0v) is 30.2. The maximum atomic E-state index is 6.52. The first-order valence-corrected chi connectivity index (χ1v) is 18.8. The SMILES string of the molecule is c1ccc(-c2ccc3c(c2)-n2c4ccc(-c5cccc(-c6cccc(-c7nc(-c8ccccc8)nc(-c8ccccc8)n7)c6)c5)cc4c4cccc(c42)O3)cc1. The molecule has 10 aromatic rings. The summed E-state index contributed by atoms with van der Waals surface area (Å²) in [6, 6.07) is 67.5. The topological polar surface area (TPSA) is 52.8 Å². The molecule has 2 aromatic heterocycles. The van der Waals surface area contributed by atoms with Crippen LogP contribution in [0, 0.1) is 0 Å². The van der Waals surface area contributed by atoms with E-state index in [1.54, 1.807) is 0 Å². The average molecular weight is 717 g/mol. The molecule has 8 aromatic carbocycles. The van der Waals surface area contributed by atoms with Gasteiger partial charge in [0.25, 0.3) is 0 Å². The molecule has 262 valence electrons. The third-order valence-electron chi connectivity index (χ3n) is 10.6. The van der Waals surface area contributed by atoms with Gasteiger partial charge in [-0.15, -0.1) is 0 Å². The van der Waals surface area contributed by atoms with Gasteiger partial charge in [0, 0.05) is 27.5 Å². The summed E-state index contributed by atoms with van der Waals surface area (Å²) < 4.78 is 8.88. The van der Waals surface area contributed by atoms with Crippen molar-refractivity contribution in [3.63, 3.8) is 0 Å². The van der Waals surface area contributed by atoms with Crippen molar-refractivity contribution in [2.45, 2.75) is 0 Å². The molecule has 1 aliphatic heterocycles. The van der Waals surface area contributed by atoms with E-state index in [1.165, 1.54) is 16.3 Å². The van der Waals surface area contributed by atoms with E-state index < -0.39 is 0 Å². The van der Waals surface area contributed by atoms with Gasteiger partial charge in [0.05, 0.1) is 16.7 Å². The summed E-state index contributed by atoms with van der Waals surface area (Å²) in [5.74, 6) is 3.65. The van der Waals surface area contributed by atoms with E-state index in [0.29, 0.717) is 17.5 Å². The molecule has 1 aliphatic rings. The van der Waals surface area contributed by atoms with Crippen LogP contribution in [-0.4, -0.2) is 19.5 Å². The Bertz CT molecular complexity index is 3040. The highest BCUT2D eigenvalue weighted by molar-refractivity contribution is 6.13. The lowest BCUT2D eigenvalue weighted by atomic mass is 9.97. The summed E-state index contributed by atoms with van der Waals surface area (Å²) in [6.45, 7) is 0. The number of hydrogen-bond donors (Lipinski definition) is 0. The number of nitrogens with zero attached hydrogens (tertiary/aromatic N) is 4. The zero-order valence-electron chi connectivity index (χ0n) is 30.2. The maximum absolute atomic E-state index is 6.52. The van der Waals surface area contributed by atoms with Gasteiger partial charge in [-0.1, -0.05) is 152 Å². The second-order valence-corrected chi connectivity index (χ2v) is 14.1. The minimum absolute atomic E-state index is 0.635. The molecule has 0 atom stereocenters. The quantitative estimate of drug-likeness (QED) is 0.172. The summed E-state index contributed by atoms with van der Waals surface area (Å²) in [6.07, 6.45) is 0. The number of benzene rings is 8. The lowest BCUT2D eigenvalue weighted by Gasteiger charge is -2.21. The van der Waals surface area contributed by atoms with Gasteiger partial charge in [0.1, 0.15) is 0 Å². The van der Waals surface area contributed by atoms with Gasteiger partial charge in [-0.25, -0.2) is 15.0 Å². The van der Waals surface area contributed by atoms with Crippen LogP contribution in [0.2, 0.25) is 0 Å². The molecule has 0 aliphatic carbocycles. The molecule has 0 unspecified atom stereocenters. The number of ether oxygens (including phenoxy) is 1. The minimum atomic E-state index is 0.635. The highest BCUT2D eigenvalue weighted by Gasteiger charge is 2.24. The Balaban J connectivity index is 0.990. The molecule has 0 saturated carbocycles. The predicted octanol–water partition coefficient (Wildman–Crippen LogP) is 13.1. The Morgan fingerprint density at radius 3 is 1.45 bits per heavy atom. The van der Waals surface area contributed by atoms with Crippen LogP contribution in [0.3, 0.4) is 0 Å². The molecule has 0 bridgehead atoms. The second-order valence-electron chi connectivity index (χ2n) is 14.1. The molecular formula is C51H32N4O. The van der Waals surface area contributed by atoms with E-state index in [9.17, 15) is 0 Å². The molecular weight excluding hydrogens is 685 g/mol. The van der Waals surface area contributed by atoms with Crippen molar-refractivity contribution < 1.29 is 4.74 Å². The molecule has 0 radical (unpaired) electrons. The lowest BCUT2D eigenvalue weighted by Crippen LogP contribution is -2.04. The second kappa shape index (κ2) is 13.0. The van der Waals surface area contributed by atoms with E-state index >= 15 is 0 Å². The number of rotatable bonds is 6. The Hall–Kier alpha value is -7.63. The summed E-state index contributed by atoms with van der Waals surface area (Å²) in [5.41, 5.74) is 12.9. The molecule has 0 N–H and O–H groups in total. The van der Waals surface area contributed by atoms with Crippen molar-refractivity contribution in [1.29, 1.82) is 0 Å². The van der Waals surface area contributed by atoms with Crippen LogP contribution >= 0.6 is 0 Å². The third kappa shape index (κ3) is 5.45. The van der Waals surface area contributed by atoms with Crippen LogP contribution in [0.15, 0.2) is 194 Å². The Labute approximate surface area is 323 Å². The van der Waals surface area contributed by atoms with Crippen LogP contribution in [0.1, 0.15) is 0 Å². The number of aromatic nitrogens is 4. The van der Waals surface area contributed by atoms with Gasteiger partial charge in [-0.3, -0.25) is 0 Å². The standard InChI is InChI=1S/C51H32N4O/c1-4-13-33(14-5-1)40-26-28-46-45(32-40)55-44-27-25-39(31-43(44)42-23-12-24-47(56-46)48(42)55)37-20-10-19-36(29-37)38-21-11-22-41(30-38)51-53-49(34-15-6-2-7-16-34)52-50(54-51)35-17-8-3-9-18-35/h1-32H. The highest BCUT2D eigenvalue weighted by atomic mass is 16.5. The molecule has 3 heterocycles. The van der Waals surface area contributed by atoms with Crippen LogP contribution in [0.4, 0.5) is 0 Å². The van der Waals surface area contributed by atoms with Gasteiger partial charge in [0.15, 0.2) is 29.0 Å². The Kier molecular flexibility index (Phi) is 7.42. The number of hydrogen-bond acceptors (Lipinski definition) is 4. The van der Waals surface area contributed by atoms with Gasteiger partial charge in [-0.05, 0) is 75.8 Å². The summed E-state index contributed by atoms with van der Waals surface area (Å²) in [7, 11) is 0. The summed E-state index contributed by atoms with van der Waals surface area (Å²) in [5, 5.41) is 2.35. The van der Waals surface area contributed by atoms with Gasteiger partial charge in [0.2, 0.25) is 0 Å². The van der Waals surface area contributed by atoms with Crippen LogP contribution < -0.4 is 4.74 Å². The van der Waals surface area contributed by atoms with E-state index in [2.05, 4.69) is 138 Å². The zero-order chi connectivity index (χ0) is 37.0. The minimum Gasteiger partial charge on any atom is -0.453 e. The van der Waals surface area contributed by atoms with Crippen molar-refractivity contribution in [1.82, 2.24) is 19.5 Å². The Morgan fingerprint density at radius 1 is 0.321 bits per heavy atom. The van der Waals surface area contributed by atoms with E-state index in [1.807, 2.05) is 60.7 Å². The largest absolute Gasteiger partial charge is 0.453 e. The monoisotopic (exact) mass is 716 g/mol. The molecule has 5 nitrogen and oxygen atoms in total. The third-order valence-corrected chi connectivity index (χ3v) is 10.6. The lowest BCUT2D eigenvalue weighted by molar-refractivity contribution is 0.476. The smallest absolute Gasteiger partial charge is 0.164 e. The van der Waals surface area contributed by atoms with Gasteiger partial charge in [-0.2, -0.15) is 0 Å². The van der Waals surface area contributed by atoms with Gasteiger partial charge < -0.3 is 9.30 Å².